The lowest BCUT2D eigenvalue weighted by atomic mass is 10.1. The summed E-state index contributed by atoms with van der Waals surface area (Å²) in [4.78, 5) is 0. The van der Waals surface area contributed by atoms with Crippen molar-refractivity contribution in [2.24, 2.45) is 0 Å². The fourth-order valence-electron chi connectivity index (χ4n) is 1.93. The van der Waals surface area contributed by atoms with Crippen molar-refractivity contribution < 1.29 is 9.84 Å². The fraction of sp³-hybridized carbons (Fsp3) is 0.438. The molecule has 1 unspecified atom stereocenters. The number of rotatable bonds is 6. The summed E-state index contributed by atoms with van der Waals surface area (Å²) >= 11 is 6.16. The SMILES string of the molecule is CCC(C)n1ccc(COc2ccc([C@H](C)O)cc2Cl)n1. The minimum absolute atomic E-state index is 0.372. The molecule has 0 fully saturated rings. The molecule has 114 valence electrons. The zero-order chi connectivity index (χ0) is 15.4. The molecule has 5 heteroatoms. The number of benzene rings is 1. The van der Waals surface area contributed by atoms with Gasteiger partial charge in [0.15, 0.2) is 0 Å². The molecule has 0 saturated heterocycles. The molecule has 0 amide bonds. The van der Waals surface area contributed by atoms with Gasteiger partial charge in [0.1, 0.15) is 12.4 Å². The van der Waals surface area contributed by atoms with Crippen molar-refractivity contribution in [3.63, 3.8) is 0 Å². The van der Waals surface area contributed by atoms with Crippen LogP contribution in [0.3, 0.4) is 0 Å². The summed E-state index contributed by atoms with van der Waals surface area (Å²) in [5.74, 6) is 0.596. The smallest absolute Gasteiger partial charge is 0.138 e. The number of halogens is 1. The van der Waals surface area contributed by atoms with Crippen LogP contribution < -0.4 is 4.74 Å². The Hall–Kier alpha value is -1.52. The first kappa shape index (κ1) is 15.9. The van der Waals surface area contributed by atoms with Gasteiger partial charge in [-0.3, -0.25) is 4.68 Å². The molecular formula is C16H21ClN2O2. The minimum atomic E-state index is -0.539. The van der Waals surface area contributed by atoms with E-state index >= 15 is 0 Å². The fourth-order valence-corrected chi connectivity index (χ4v) is 2.18. The zero-order valence-corrected chi connectivity index (χ0v) is 13.3. The predicted octanol–water partition coefficient (Wildman–Crippen LogP) is 4.14. The van der Waals surface area contributed by atoms with Crippen LogP contribution in [-0.2, 0) is 6.61 Å². The monoisotopic (exact) mass is 308 g/mol. The lowest BCUT2D eigenvalue weighted by Gasteiger charge is -2.10. The highest BCUT2D eigenvalue weighted by Gasteiger charge is 2.09. The van der Waals surface area contributed by atoms with Gasteiger partial charge >= 0.3 is 0 Å². The summed E-state index contributed by atoms with van der Waals surface area (Å²) in [7, 11) is 0. The number of aliphatic hydroxyl groups is 1. The predicted molar refractivity (Wildman–Crippen MR) is 83.6 cm³/mol. The maximum atomic E-state index is 9.51. The third-order valence-electron chi connectivity index (χ3n) is 3.52. The normalized spacial score (nSPS) is 14.0. The molecule has 0 bridgehead atoms. The van der Waals surface area contributed by atoms with Gasteiger partial charge < -0.3 is 9.84 Å². The standard InChI is InChI=1S/C16H21ClN2O2/c1-4-11(2)19-8-7-14(18-19)10-21-16-6-5-13(12(3)20)9-15(16)17/h5-9,11-12,20H,4,10H2,1-3H3/t11?,12-/m0/s1. The second-order valence-electron chi connectivity index (χ2n) is 5.20. The summed E-state index contributed by atoms with van der Waals surface area (Å²) in [5, 5.41) is 14.5. The number of ether oxygens (including phenoxy) is 1. The molecular weight excluding hydrogens is 288 g/mol. The molecule has 0 spiro atoms. The highest BCUT2D eigenvalue weighted by molar-refractivity contribution is 6.32. The molecule has 1 heterocycles. The Balaban J connectivity index is 2.01. The Morgan fingerprint density at radius 1 is 1.33 bits per heavy atom. The Labute approximate surface area is 130 Å². The lowest BCUT2D eigenvalue weighted by molar-refractivity contribution is 0.199. The van der Waals surface area contributed by atoms with E-state index in [1.807, 2.05) is 23.0 Å². The molecule has 1 N–H and O–H groups in total. The molecule has 1 aromatic carbocycles. The third-order valence-corrected chi connectivity index (χ3v) is 3.82. The molecule has 0 aliphatic carbocycles. The molecule has 0 aliphatic rings. The summed E-state index contributed by atoms with van der Waals surface area (Å²) in [6.45, 7) is 6.33. The van der Waals surface area contributed by atoms with E-state index in [0.29, 0.717) is 23.4 Å². The topological polar surface area (TPSA) is 47.3 Å². The molecule has 4 nitrogen and oxygen atoms in total. The van der Waals surface area contributed by atoms with Crippen LogP contribution in [0.15, 0.2) is 30.5 Å². The van der Waals surface area contributed by atoms with Crippen LogP contribution in [-0.4, -0.2) is 14.9 Å². The first-order valence-corrected chi connectivity index (χ1v) is 7.53. The van der Waals surface area contributed by atoms with Crippen molar-refractivity contribution >= 4 is 11.6 Å². The molecule has 21 heavy (non-hydrogen) atoms. The van der Waals surface area contributed by atoms with Gasteiger partial charge in [0.05, 0.1) is 16.8 Å². The average molecular weight is 309 g/mol. The minimum Gasteiger partial charge on any atom is -0.486 e. The first-order valence-electron chi connectivity index (χ1n) is 7.15. The average Bonchev–Trinajstić information content (AvgIpc) is 2.93. The molecule has 2 aromatic rings. The van der Waals surface area contributed by atoms with Crippen LogP contribution in [0.5, 0.6) is 5.75 Å². The van der Waals surface area contributed by atoms with Crippen molar-refractivity contribution in [2.45, 2.75) is 45.9 Å². The molecule has 0 aliphatic heterocycles. The molecule has 2 atom stereocenters. The molecule has 1 aromatic heterocycles. The van der Waals surface area contributed by atoms with E-state index in [0.717, 1.165) is 17.7 Å². The van der Waals surface area contributed by atoms with E-state index in [9.17, 15) is 5.11 Å². The van der Waals surface area contributed by atoms with E-state index in [1.54, 1.807) is 19.1 Å². The lowest BCUT2D eigenvalue weighted by Crippen LogP contribution is -2.06. The first-order chi connectivity index (χ1) is 10.0. The Kier molecular flexibility index (Phi) is 5.26. The summed E-state index contributed by atoms with van der Waals surface area (Å²) in [6.07, 6.45) is 2.46. The summed E-state index contributed by atoms with van der Waals surface area (Å²) < 4.78 is 7.64. The molecule has 0 saturated carbocycles. The highest BCUT2D eigenvalue weighted by atomic mass is 35.5. The van der Waals surface area contributed by atoms with Crippen molar-refractivity contribution in [3.05, 3.63) is 46.7 Å². The van der Waals surface area contributed by atoms with E-state index in [-0.39, 0.29) is 0 Å². The maximum absolute atomic E-state index is 9.51. The van der Waals surface area contributed by atoms with Crippen LogP contribution in [0.1, 0.15) is 50.6 Å². The van der Waals surface area contributed by atoms with Gasteiger partial charge in [0.25, 0.3) is 0 Å². The zero-order valence-electron chi connectivity index (χ0n) is 12.6. The third kappa shape index (κ3) is 3.99. The van der Waals surface area contributed by atoms with Crippen molar-refractivity contribution in [1.29, 1.82) is 0 Å². The quantitative estimate of drug-likeness (QED) is 0.872. The van der Waals surface area contributed by atoms with Gasteiger partial charge in [-0.2, -0.15) is 5.10 Å². The maximum Gasteiger partial charge on any atom is 0.138 e. The Bertz CT molecular complexity index is 596. The van der Waals surface area contributed by atoms with Crippen LogP contribution in [0.2, 0.25) is 5.02 Å². The van der Waals surface area contributed by atoms with E-state index in [4.69, 9.17) is 16.3 Å². The number of aliphatic hydroxyl groups excluding tert-OH is 1. The second-order valence-corrected chi connectivity index (χ2v) is 5.61. The number of hydrogen-bond donors (Lipinski definition) is 1. The van der Waals surface area contributed by atoms with Crippen molar-refractivity contribution in [2.75, 3.05) is 0 Å². The van der Waals surface area contributed by atoms with Crippen LogP contribution >= 0.6 is 11.6 Å². The van der Waals surface area contributed by atoms with Crippen molar-refractivity contribution in [3.8, 4) is 5.75 Å². The van der Waals surface area contributed by atoms with E-state index < -0.39 is 6.10 Å². The van der Waals surface area contributed by atoms with Gasteiger partial charge in [0.2, 0.25) is 0 Å². The number of nitrogens with zero attached hydrogens (tertiary/aromatic N) is 2. The number of aromatic nitrogens is 2. The van der Waals surface area contributed by atoms with Gasteiger partial charge in [-0.25, -0.2) is 0 Å². The Morgan fingerprint density at radius 3 is 2.71 bits per heavy atom. The van der Waals surface area contributed by atoms with Gasteiger partial charge in [0, 0.05) is 12.2 Å². The van der Waals surface area contributed by atoms with Crippen LogP contribution in [0, 0.1) is 0 Å². The van der Waals surface area contributed by atoms with Gasteiger partial charge in [-0.15, -0.1) is 0 Å². The van der Waals surface area contributed by atoms with E-state index in [2.05, 4.69) is 18.9 Å². The highest BCUT2D eigenvalue weighted by Crippen LogP contribution is 2.28. The van der Waals surface area contributed by atoms with Crippen molar-refractivity contribution in [1.82, 2.24) is 9.78 Å². The van der Waals surface area contributed by atoms with Gasteiger partial charge in [-0.1, -0.05) is 24.6 Å². The number of hydrogen-bond acceptors (Lipinski definition) is 3. The Morgan fingerprint density at radius 2 is 2.10 bits per heavy atom. The summed E-state index contributed by atoms with van der Waals surface area (Å²) in [6, 6.07) is 7.64. The largest absolute Gasteiger partial charge is 0.486 e. The van der Waals surface area contributed by atoms with E-state index in [1.165, 1.54) is 0 Å². The van der Waals surface area contributed by atoms with Gasteiger partial charge in [-0.05, 0) is 44.0 Å². The second kappa shape index (κ2) is 6.96. The molecule has 2 rings (SSSR count). The molecule has 0 radical (unpaired) electrons. The van der Waals surface area contributed by atoms with Crippen LogP contribution in [0.25, 0.3) is 0 Å². The van der Waals surface area contributed by atoms with Crippen LogP contribution in [0.4, 0.5) is 0 Å². The summed E-state index contributed by atoms with van der Waals surface area (Å²) in [5.41, 5.74) is 1.64.